The molecule has 0 atom stereocenters. The van der Waals surface area contributed by atoms with E-state index in [4.69, 9.17) is 5.73 Å². The molecule has 5 heteroatoms. The highest BCUT2D eigenvalue weighted by Crippen LogP contribution is 2.25. The van der Waals surface area contributed by atoms with Crippen LogP contribution in [0, 0.1) is 0 Å². The number of carbonyl (C=O) groups excluding carboxylic acids is 1. The first-order valence-electron chi connectivity index (χ1n) is 5.75. The summed E-state index contributed by atoms with van der Waals surface area (Å²) >= 11 is 0. The van der Waals surface area contributed by atoms with Gasteiger partial charge in [-0.3, -0.25) is 4.79 Å². The molecular formula is C11H18N4O. The van der Waals surface area contributed by atoms with Crippen molar-refractivity contribution in [3.05, 3.63) is 18.2 Å². The molecule has 88 valence electrons. The lowest BCUT2D eigenvalue weighted by Gasteiger charge is -2.31. The normalized spacial score (nSPS) is 19.3. The van der Waals surface area contributed by atoms with Crippen LogP contribution in [0.3, 0.4) is 0 Å². The van der Waals surface area contributed by atoms with Crippen molar-refractivity contribution in [3.8, 4) is 0 Å². The molecule has 0 radical (unpaired) electrons. The number of aromatic amines is 1. The maximum Gasteiger partial charge on any atom is 0.240 e. The molecule has 2 rings (SSSR count). The fraction of sp³-hybridized carbons (Fsp3) is 0.636. The van der Waals surface area contributed by atoms with Gasteiger partial charge in [0.2, 0.25) is 5.91 Å². The van der Waals surface area contributed by atoms with E-state index in [1.807, 2.05) is 0 Å². The van der Waals surface area contributed by atoms with Gasteiger partial charge in [-0.05, 0) is 12.8 Å². The van der Waals surface area contributed by atoms with Crippen LogP contribution in [0.4, 0.5) is 0 Å². The summed E-state index contributed by atoms with van der Waals surface area (Å²) in [7, 11) is 0. The Labute approximate surface area is 94.8 Å². The first-order chi connectivity index (χ1) is 7.71. The van der Waals surface area contributed by atoms with Crippen LogP contribution in [0.15, 0.2) is 12.5 Å². The minimum absolute atomic E-state index is 0.0400. The van der Waals surface area contributed by atoms with Crippen molar-refractivity contribution in [1.82, 2.24) is 15.3 Å². The average Bonchev–Trinajstić information content (AvgIpc) is 2.79. The maximum absolute atomic E-state index is 11.9. The Bertz CT molecular complexity index is 341. The standard InChI is InChI=1S/C11H18N4O/c12-11(4-2-1-3-5-11)10(16)14-7-9-6-13-8-15-9/h6,8H,1-5,7,12H2,(H,13,15)(H,14,16). The van der Waals surface area contributed by atoms with Crippen LogP contribution < -0.4 is 11.1 Å². The lowest BCUT2D eigenvalue weighted by Crippen LogP contribution is -2.54. The number of hydrogen-bond acceptors (Lipinski definition) is 3. The first-order valence-corrected chi connectivity index (χ1v) is 5.75. The van der Waals surface area contributed by atoms with Crippen LogP contribution in [0.2, 0.25) is 0 Å². The van der Waals surface area contributed by atoms with Gasteiger partial charge >= 0.3 is 0 Å². The Morgan fingerprint density at radius 2 is 2.25 bits per heavy atom. The van der Waals surface area contributed by atoms with Gasteiger partial charge < -0.3 is 16.0 Å². The Morgan fingerprint density at radius 1 is 1.50 bits per heavy atom. The zero-order valence-electron chi connectivity index (χ0n) is 9.33. The lowest BCUT2D eigenvalue weighted by atomic mass is 9.82. The highest BCUT2D eigenvalue weighted by molar-refractivity contribution is 5.86. The first kappa shape index (κ1) is 11.1. The summed E-state index contributed by atoms with van der Waals surface area (Å²) in [5, 5.41) is 2.86. The second kappa shape index (κ2) is 4.65. The second-order valence-electron chi connectivity index (χ2n) is 4.48. The van der Waals surface area contributed by atoms with E-state index in [2.05, 4.69) is 15.3 Å². The van der Waals surface area contributed by atoms with Crippen LogP contribution in [-0.4, -0.2) is 21.4 Å². The van der Waals surface area contributed by atoms with Crippen molar-refractivity contribution in [2.75, 3.05) is 0 Å². The van der Waals surface area contributed by atoms with Crippen LogP contribution >= 0.6 is 0 Å². The molecule has 1 heterocycles. The summed E-state index contributed by atoms with van der Waals surface area (Å²) < 4.78 is 0. The number of nitrogens with zero attached hydrogens (tertiary/aromatic N) is 1. The molecule has 5 nitrogen and oxygen atoms in total. The third kappa shape index (κ3) is 2.41. The summed E-state index contributed by atoms with van der Waals surface area (Å²) in [4.78, 5) is 18.8. The summed E-state index contributed by atoms with van der Waals surface area (Å²) in [6.45, 7) is 0.470. The summed E-state index contributed by atoms with van der Waals surface area (Å²) in [6.07, 6.45) is 8.17. The molecule has 0 aliphatic heterocycles. The van der Waals surface area contributed by atoms with E-state index >= 15 is 0 Å². The van der Waals surface area contributed by atoms with Crippen LogP contribution in [0.1, 0.15) is 37.8 Å². The number of aromatic nitrogens is 2. The SMILES string of the molecule is NC1(C(=O)NCc2cnc[nH]2)CCCCC1. The molecule has 1 aliphatic rings. The molecule has 1 fully saturated rings. The lowest BCUT2D eigenvalue weighted by molar-refractivity contribution is -0.127. The molecule has 1 aliphatic carbocycles. The van der Waals surface area contributed by atoms with Gasteiger partial charge in [-0.2, -0.15) is 0 Å². The van der Waals surface area contributed by atoms with Gasteiger partial charge in [-0.1, -0.05) is 19.3 Å². The zero-order chi connectivity index (χ0) is 11.4. The number of nitrogens with one attached hydrogen (secondary N) is 2. The summed E-state index contributed by atoms with van der Waals surface area (Å²) in [5.74, 6) is -0.0400. The van der Waals surface area contributed by atoms with Gasteiger partial charge in [-0.15, -0.1) is 0 Å². The van der Waals surface area contributed by atoms with Crippen molar-refractivity contribution in [1.29, 1.82) is 0 Å². The third-order valence-corrected chi connectivity index (χ3v) is 3.19. The minimum Gasteiger partial charge on any atom is -0.349 e. The zero-order valence-corrected chi connectivity index (χ0v) is 9.33. The Balaban J connectivity index is 1.87. The third-order valence-electron chi connectivity index (χ3n) is 3.19. The Kier molecular flexibility index (Phi) is 3.24. The van der Waals surface area contributed by atoms with Gasteiger partial charge in [0.1, 0.15) is 0 Å². The molecule has 0 unspecified atom stereocenters. The molecule has 1 saturated carbocycles. The van der Waals surface area contributed by atoms with Gasteiger partial charge in [0.25, 0.3) is 0 Å². The van der Waals surface area contributed by atoms with Crippen molar-refractivity contribution >= 4 is 5.91 Å². The van der Waals surface area contributed by atoms with Crippen LogP contribution in [-0.2, 0) is 11.3 Å². The minimum atomic E-state index is -0.654. The van der Waals surface area contributed by atoms with E-state index in [0.29, 0.717) is 6.54 Å². The van der Waals surface area contributed by atoms with E-state index in [1.54, 1.807) is 12.5 Å². The molecule has 0 aromatic carbocycles. The molecule has 4 N–H and O–H groups in total. The summed E-state index contributed by atoms with van der Waals surface area (Å²) in [5.41, 5.74) is 6.35. The smallest absolute Gasteiger partial charge is 0.240 e. The highest BCUT2D eigenvalue weighted by atomic mass is 16.2. The predicted molar refractivity (Wildman–Crippen MR) is 60.4 cm³/mol. The molecular weight excluding hydrogens is 204 g/mol. The van der Waals surface area contributed by atoms with Gasteiger partial charge in [0.15, 0.2) is 0 Å². The number of imidazole rings is 1. The average molecular weight is 222 g/mol. The highest BCUT2D eigenvalue weighted by Gasteiger charge is 2.34. The fourth-order valence-corrected chi connectivity index (χ4v) is 2.14. The quantitative estimate of drug-likeness (QED) is 0.703. The number of rotatable bonds is 3. The predicted octanol–water partition coefficient (Wildman–Crippen LogP) is 0.687. The number of hydrogen-bond donors (Lipinski definition) is 3. The van der Waals surface area contributed by atoms with E-state index in [1.165, 1.54) is 6.42 Å². The Morgan fingerprint density at radius 3 is 2.88 bits per heavy atom. The second-order valence-corrected chi connectivity index (χ2v) is 4.48. The molecule has 1 amide bonds. The van der Waals surface area contributed by atoms with Crippen molar-refractivity contribution < 1.29 is 4.79 Å². The molecule has 0 saturated heterocycles. The molecule has 1 aromatic rings. The number of carbonyl (C=O) groups is 1. The van der Waals surface area contributed by atoms with Gasteiger partial charge in [0.05, 0.1) is 24.1 Å². The monoisotopic (exact) mass is 222 g/mol. The van der Waals surface area contributed by atoms with E-state index in [9.17, 15) is 4.79 Å². The molecule has 0 bridgehead atoms. The molecule has 16 heavy (non-hydrogen) atoms. The number of H-pyrrole nitrogens is 1. The molecule has 0 spiro atoms. The Hall–Kier alpha value is -1.36. The maximum atomic E-state index is 11.9. The largest absolute Gasteiger partial charge is 0.349 e. The van der Waals surface area contributed by atoms with Crippen molar-refractivity contribution in [3.63, 3.8) is 0 Å². The van der Waals surface area contributed by atoms with E-state index in [0.717, 1.165) is 31.4 Å². The van der Waals surface area contributed by atoms with Crippen molar-refractivity contribution in [2.45, 2.75) is 44.2 Å². The van der Waals surface area contributed by atoms with Gasteiger partial charge in [0, 0.05) is 6.20 Å². The van der Waals surface area contributed by atoms with E-state index in [-0.39, 0.29) is 5.91 Å². The van der Waals surface area contributed by atoms with Gasteiger partial charge in [-0.25, -0.2) is 4.98 Å². The number of amides is 1. The summed E-state index contributed by atoms with van der Waals surface area (Å²) in [6, 6.07) is 0. The molecule has 1 aromatic heterocycles. The van der Waals surface area contributed by atoms with Crippen LogP contribution in [0.25, 0.3) is 0 Å². The topological polar surface area (TPSA) is 83.8 Å². The van der Waals surface area contributed by atoms with E-state index < -0.39 is 5.54 Å². The van der Waals surface area contributed by atoms with Crippen LogP contribution in [0.5, 0.6) is 0 Å². The number of nitrogens with two attached hydrogens (primary N) is 1. The van der Waals surface area contributed by atoms with Crippen molar-refractivity contribution in [2.24, 2.45) is 5.73 Å². The fourth-order valence-electron chi connectivity index (χ4n) is 2.14.